The molecule has 5 nitrogen and oxygen atoms in total. The Morgan fingerprint density at radius 2 is 2.25 bits per heavy atom. The zero-order valence-corrected chi connectivity index (χ0v) is 6.42. The van der Waals surface area contributed by atoms with E-state index in [0.29, 0.717) is 0 Å². The Labute approximate surface area is 69.5 Å². The molecule has 12 heavy (non-hydrogen) atoms. The SMILES string of the molecule is O=C1C=C[C@H](O)N1CCC(O)O. The van der Waals surface area contributed by atoms with Gasteiger partial charge in [-0.15, -0.1) is 0 Å². The highest BCUT2D eigenvalue weighted by molar-refractivity contribution is 5.90. The molecule has 5 heteroatoms. The van der Waals surface area contributed by atoms with Crippen molar-refractivity contribution in [1.29, 1.82) is 0 Å². The third kappa shape index (κ3) is 2.04. The summed E-state index contributed by atoms with van der Waals surface area (Å²) in [6.45, 7) is 0.144. The molecule has 1 atom stereocenters. The fourth-order valence-corrected chi connectivity index (χ4v) is 0.995. The van der Waals surface area contributed by atoms with Gasteiger partial charge in [0, 0.05) is 19.0 Å². The monoisotopic (exact) mass is 173 g/mol. The zero-order chi connectivity index (χ0) is 9.14. The predicted octanol–water partition coefficient (Wildman–Crippen LogP) is -1.60. The van der Waals surface area contributed by atoms with Crippen molar-refractivity contribution < 1.29 is 20.1 Å². The molecule has 68 valence electrons. The number of rotatable bonds is 3. The van der Waals surface area contributed by atoms with Crippen molar-refractivity contribution in [3.8, 4) is 0 Å². The lowest BCUT2D eigenvalue weighted by atomic mass is 10.4. The van der Waals surface area contributed by atoms with Crippen LogP contribution >= 0.6 is 0 Å². The second kappa shape index (κ2) is 3.66. The van der Waals surface area contributed by atoms with Gasteiger partial charge in [0.05, 0.1) is 0 Å². The van der Waals surface area contributed by atoms with Gasteiger partial charge in [0.1, 0.15) is 6.23 Å². The molecule has 0 saturated heterocycles. The Kier molecular flexibility index (Phi) is 2.80. The van der Waals surface area contributed by atoms with Gasteiger partial charge in [-0.3, -0.25) is 4.79 Å². The highest BCUT2D eigenvalue weighted by atomic mass is 16.5. The molecule has 0 aliphatic carbocycles. The van der Waals surface area contributed by atoms with Crippen LogP contribution in [0, 0.1) is 0 Å². The van der Waals surface area contributed by atoms with E-state index in [1.54, 1.807) is 0 Å². The van der Waals surface area contributed by atoms with E-state index >= 15 is 0 Å². The number of aliphatic hydroxyl groups is 3. The normalized spacial score (nSPS) is 22.8. The molecular formula is C7H11NO4. The van der Waals surface area contributed by atoms with Crippen LogP contribution in [0.5, 0.6) is 0 Å². The molecule has 0 fully saturated rings. The number of carbonyl (C=O) groups is 1. The van der Waals surface area contributed by atoms with Crippen LogP contribution in [0.3, 0.4) is 0 Å². The van der Waals surface area contributed by atoms with E-state index in [1.807, 2.05) is 0 Å². The van der Waals surface area contributed by atoms with Crippen molar-refractivity contribution in [3.63, 3.8) is 0 Å². The summed E-state index contributed by atoms with van der Waals surface area (Å²) in [5.74, 6) is -0.303. The molecule has 0 unspecified atom stereocenters. The molecule has 1 rings (SSSR count). The maximum Gasteiger partial charge on any atom is 0.248 e. The Morgan fingerprint density at radius 3 is 2.67 bits per heavy atom. The molecule has 0 aromatic carbocycles. The van der Waals surface area contributed by atoms with Crippen LogP contribution in [0.1, 0.15) is 6.42 Å². The van der Waals surface area contributed by atoms with Crippen LogP contribution in [0.25, 0.3) is 0 Å². The highest BCUT2D eigenvalue weighted by Crippen LogP contribution is 2.08. The van der Waals surface area contributed by atoms with E-state index in [1.165, 1.54) is 12.2 Å². The number of amides is 1. The predicted molar refractivity (Wildman–Crippen MR) is 39.7 cm³/mol. The zero-order valence-electron chi connectivity index (χ0n) is 6.42. The average Bonchev–Trinajstić information content (AvgIpc) is 2.28. The number of hydrogen-bond acceptors (Lipinski definition) is 4. The lowest BCUT2D eigenvalue weighted by Gasteiger charge is -2.20. The van der Waals surface area contributed by atoms with Gasteiger partial charge in [0.15, 0.2) is 6.29 Å². The van der Waals surface area contributed by atoms with Crippen molar-refractivity contribution in [2.24, 2.45) is 0 Å². The third-order valence-corrected chi connectivity index (χ3v) is 1.64. The van der Waals surface area contributed by atoms with Gasteiger partial charge in [0.25, 0.3) is 0 Å². The first-order valence-corrected chi connectivity index (χ1v) is 3.64. The minimum Gasteiger partial charge on any atom is -0.370 e. The van der Waals surface area contributed by atoms with Gasteiger partial charge in [0.2, 0.25) is 5.91 Å². The van der Waals surface area contributed by atoms with Crippen LogP contribution in [0.4, 0.5) is 0 Å². The molecular weight excluding hydrogens is 162 g/mol. The topological polar surface area (TPSA) is 81.0 Å². The van der Waals surface area contributed by atoms with Gasteiger partial charge in [-0.05, 0) is 6.08 Å². The molecule has 0 spiro atoms. The molecule has 0 bridgehead atoms. The lowest BCUT2D eigenvalue weighted by molar-refractivity contribution is -0.132. The van der Waals surface area contributed by atoms with E-state index in [4.69, 9.17) is 15.3 Å². The molecule has 0 aromatic rings. The van der Waals surface area contributed by atoms with Gasteiger partial charge in [-0.2, -0.15) is 0 Å². The minimum atomic E-state index is -1.44. The molecule has 0 saturated carbocycles. The van der Waals surface area contributed by atoms with Gasteiger partial charge in [-0.1, -0.05) is 0 Å². The molecule has 0 aromatic heterocycles. The first kappa shape index (κ1) is 9.18. The summed E-state index contributed by atoms with van der Waals surface area (Å²) in [5.41, 5.74) is 0. The van der Waals surface area contributed by atoms with Crippen LogP contribution in [-0.4, -0.2) is 45.2 Å². The molecule has 1 amide bonds. The number of nitrogens with zero attached hydrogens (tertiary/aromatic N) is 1. The summed E-state index contributed by atoms with van der Waals surface area (Å²) in [5, 5.41) is 26.1. The Balaban J connectivity index is 2.37. The summed E-state index contributed by atoms with van der Waals surface area (Å²) >= 11 is 0. The van der Waals surface area contributed by atoms with Gasteiger partial charge in [-0.25, -0.2) is 0 Å². The van der Waals surface area contributed by atoms with Crippen molar-refractivity contribution >= 4 is 5.91 Å². The summed E-state index contributed by atoms with van der Waals surface area (Å²) in [6, 6.07) is 0. The fraction of sp³-hybridized carbons (Fsp3) is 0.571. The number of hydrogen-bond donors (Lipinski definition) is 3. The van der Waals surface area contributed by atoms with E-state index < -0.39 is 12.5 Å². The number of aliphatic hydroxyl groups excluding tert-OH is 2. The Morgan fingerprint density at radius 1 is 1.58 bits per heavy atom. The Bertz CT molecular complexity index is 202. The molecule has 0 radical (unpaired) electrons. The third-order valence-electron chi connectivity index (χ3n) is 1.64. The van der Waals surface area contributed by atoms with Crippen LogP contribution in [0.15, 0.2) is 12.2 Å². The fourth-order valence-electron chi connectivity index (χ4n) is 0.995. The lowest BCUT2D eigenvalue weighted by Crippen LogP contribution is -2.35. The van der Waals surface area contributed by atoms with Crippen molar-refractivity contribution in [2.45, 2.75) is 18.9 Å². The standard InChI is InChI=1S/C7H11NO4/c9-5-1-2-6(10)8(5)4-3-7(11)12/h1-2,5,7,9,11-12H,3-4H2/t5-/m0/s1. The molecule has 1 heterocycles. The summed E-state index contributed by atoms with van der Waals surface area (Å²) < 4.78 is 0. The van der Waals surface area contributed by atoms with Gasteiger partial charge < -0.3 is 20.2 Å². The summed E-state index contributed by atoms with van der Waals surface area (Å²) in [4.78, 5) is 12.1. The molecule has 1 aliphatic rings. The smallest absolute Gasteiger partial charge is 0.248 e. The molecule has 3 N–H and O–H groups in total. The quantitative estimate of drug-likeness (QED) is 0.449. The van der Waals surface area contributed by atoms with Crippen molar-refractivity contribution in [2.75, 3.05) is 6.54 Å². The average molecular weight is 173 g/mol. The minimum absolute atomic E-state index is 0.0461. The van der Waals surface area contributed by atoms with E-state index in [-0.39, 0.29) is 18.9 Å². The first-order valence-electron chi connectivity index (χ1n) is 3.64. The Hall–Kier alpha value is -0.910. The van der Waals surface area contributed by atoms with Crippen molar-refractivity contribution in [1.82, 2.24) is 4.90 Å². The van der Waals surface area contributed by atoms with E-state index in [2.05, 4.69) is 0 Å². The second-order valence-electron chi connectivity index (χ2n) is 2.57. The number of carbonyl (C=O) groups excluding carboxylic acids is 1. The second-order valence-corrected chi connectivity index (χ2v) is 2.57. The van der Waals surface area contributed by atoms with Gasteiger partial charge >= 0.3 is 0 Å². The van der Waals surface area contributed by atoms with Crippen LogP contribution in [0.2, 0.25) is 0 Å². The van der Waals surface area contributed by atoms with Crippen molar-refractivity contribution in [3.05, 3.63) is 12.2 Å². The highest BCUT2D eigenvalue weighted by Gasteiger charge is 2.23. The molecule has 1 aliphatic heterocycles. The van der Waals surface area contributed by atoms with E-state index in [0.717, 1.165) is 4.90 Å². The largest absolute Gasteiger partial charge is 0.370 e. The first-order chi connectivity index (χ1) is 5.61. The van der Waals surface area contributed by atoms with Crippen LogP contribution in [-0.2, 0) is 4.79 Å². The maximum absolute atomic E-state index is 10.9. The summed E-state index contributed by atoms with van der Waals surface area (Å²) in [6.07, 6.45) is 0.298. The van der Waals surface area contributed by atoms with E-state index in [9.17, 15) is 4.79 Å². The maximum atomic E-state index is 10.9. The van der Waals surface area contributed by atoms with Crippen LogP contribution < -0.4 is 0 Å². The summed E-state index contributed by atoms with van der Waals surface area (Å²) in [7, 11) is 0.